The van der Waals surface area contributed by atoms with Crippen LogP contribution in [0.2, 0.25) is 0 Å². The van der Waals surface area contributed by atoms with Gasteiger partial charge >= 0.3 is 0 Å². The van der Waals surface area contributed by atoms with Gasteiger partial charge in [0, 0.05) is 6.04 Å². The van der Waals surface area contributed by atoms with Crippen LogP contribution in [0, 0.1) is 5.92 Å². The van der Waals surface area contributed by atoms with Gasteiger partial charge < -0.3 is 5.32 Å². The summed E-state index contributed by atoms with van der Waals surface area (Å²) in [5.41, 5.74) is 3.21. The minimum absolute atomic E-state index is 0.861. The molecule has 1 heteroatoms. The standard InChI is InChI=1S/C16H21N/c1-2-12(11-4-5-11)8-13(3-1)16-9-14(16)10-17-15-6-7-15/h1-3,8,11,14-17H,4-7,9-10H2. The maximum atomic E-state index is 3.67. The van der Waals surface area contributed by atoms with Crippen LogP contribution in [0.25, 0.3) is 0 Å². The average Bonchev–Trinajstić information content (AvgIpc) is 3.26. The van der Waals surface area contributed by atoms with E-state index in [1.165, 1.54) is 38.6 Å². The molecule has 17 heavy (non-hydrogen) atoms. The molecule has 1 aromatic rings. The van der Waals surface area contributed by atoms with E-state index in [1.807, 2.05) is 0 Å². The van der Waals surface area contributed by atoms with E-state index in [-0.39, 0.29) is 0 Å². The first-order chi connectivity index (χ1) is 8.40. The highest BCUT2D eigenvalue weighted by molar-refractivity contribution is 5.34. The molecular formula is C16H21N. The summed E-state index contributed by atoms with van der Waals surface area (Å²) in [7, 11) is 0. The van der Waals surface area contributed by atoms with E-state index in [4.69, 9.17) is 0 Å². The number of hydrogen-bond acceptors (Lipinski definition) is 1. The molecule has 3 aliphatic rings. The summed E-state index contributed by atoms with van der Waals surface area (Å²) in [5.74, 6) is 2.68. The largest absolute Gasteiger partial charge is 0.314 e. The topological polar surface area (TPSA) is 12.0 Å². The van der Waals surface area contributed by atoms with E-state index in [0.29, 0.717) is 0 Å². The summed E-state index contributed by atoms with van der Waals surface area (Å²) >= 11 is 0. The Morgan fingerprint density at radius 3 is 2.65 bits per heavy atom. The summed E-state index contributed by atoms with van der Waals surface area (Å²) in [6, 6.07) is 10.3. The molecule has 90 valence electrons. The SMILES string of the molecule is c1cc(C2CC2)cc(C2CC2CNC2CC2)c1. The van der Waals surface area contributed by atoms with Gasteiger partial charge in [-0.2, -0.15) is 0 Å². The van der Waals surface area contributed by atoms with Crippen LogP contribution < -0.4 is 5.32 Å². The van der Waals surface area contributed by atoms with Gasteiger partial charge in [0.2, 0.25) is 0 Å². The maximum absolute atomic E-state index is 3.67. The van der Waals surface area contributed by atoms with Crippen molar-refractivity contribution < 1.29 is 0 Å². The predicted molar refractivity (Wildman–Crippen MR) is 70.3 cm³/mol. The number of nitrogens with one attached hydrogen (secondary N) is 1. The van der Waals surface area contributed by atoms with Gasteiger partial charge in [0.05, 0.1) is 0 Å². The van der Waals surface area contributed by atoms with E-state index >= 15 is 0 Å². The minimum atomic E-state index is 0.861. The molecule has 0 aromatic heterocycles. The second kappa shape index (κ2) is 3.84. The molecule has 2 unspecified atom stereocenters. The Morgan fingerprint density at radius 2 is 1.88 bits per heavy atom. The fourth-order valence-corrected chi connectivity index (χ4v) is 2.95. The first-order valence-corrected chi connectivity index (χ1v) is 7.23. The van der Waals surface area contributed by atoms with Gasteiger partial charge in [0.25, 0.3) is 0 Å². The van der Waals surface area contributed by atoms with E-state index in [1.54, 1.807) is 11.1 Å². The first-order valence-electron chi connectivity index (χ1n) is 7.23. The van der Waals surface area contributed by atoms with Crippen molar-refractivity contribution in [2.45, 2.75) is 50.0 Å². The molecule has 1 aromatic carbocycles. The molecule has 0 radical (unpaired) electrons. The van der Waals surface area contributed by atoms with E-state index in [2.05, 4.69) is 29.6 Å². The summed E-state index contributed by atoms with van der Waals surface area (Å²) in [4.78, 5) is 0. The maximum Gasteiger partial charge on any atom is 0.00683 e. The zero-order valence-corrected chi connectivity index (χ0v) is 10.4. The smallest absolute Gasteiger partial charge is 0.00683 e. The van der Waals surface area contributed by atoms with Gasteiger partial charge in [-0.05, 0) is 67.5 Å². The lowest BCUT2D eigenvalue weighted by Crippen LogP contribution is -2.19. The third kappa shape index (κ3) is 2.26. The van der Waals surface area contributed by atoms with Crippen molar-refractivity contribution in [2.24, 2.45) is 5.92 Å². The van der Waals surface area contributed by atoms with Crippen molar-refractivity contribution in [1.82, 2.24) is 5.32 Å². The Morgan fingerprint density at radius 1 is 1.06 bits per heavy atom. The lowest BCUT2D eigenvalue weighted by molar-refractivity contribution is 0.623. The predicted octanol–water partition coefficient (Wildman–Crippen LogP) is 3.42. The normalized spacial score (nSPS) is 31.5. The lowest BCUT2D eigenvalue weighted by atomic mass is 10.0. The van der Waals surface area contributed by atoms with Crippen LogP contribution >= 0.6 is 0 Å². The first kappa shape index (κ1) is 10.1. The van der Waals surface area contributed by atoms with Crippen LogP contribution in [-0.4, -0.2) is 12.6 Å². The fraction of sp³-hybridized carbons (Fsp3) is 0.625. The van der Waals surface area contributed by atoms with Crippen molar-refractivity contribution in [1.29, 1.82) is 0 Å². The molecule has 1 N–H and O–H groups in total. The Labute approximate surface area is 104 Å². The molecule has 3 aliphatic carbocycles. The zero-order valence-electron chi connectivity index (χ0n) is 10.4. The Bertz CT molecular complexity index is 417. The third-order valence-corrected chi connectivity index (χ3v) is 4.56. The quantitative estimate of drug-likeness (QED) is 0.812. The van der Waals surface area contributed by atoms with Gasteiger partial charge in [0.15, 0.2) is 0 Å². The van der Waals surface area contributed by atoms with Crippen molar-refractivity contribution >= 4 is 0 Å². The molecular weight excluding hydrogens is 206 g/mol. The number of hydrogen-bond donors (Lipinski definition) is 1. The molecule has 0 saturated heterocycles. The third-order valence-electron chi connectivity index (χ3n) is 4.56. The minimum Gasteiger partial charge on any atom is -0.314 e. The van der Waals surface area contributed by atoms with E-state index < -0.39 is 0 Å². The van der Waals surface area contributed by atoms with Crippen LogP contribution in [0.1, 0.15) is 55.1 Å². The van der Waals surface area contributed by atoms with E-state index in [9.17, 15) is 0 Å². The second-order valence-electron chi connectivity index (χ2n) is 6.23. The molecule has 3 fully saturated rings. The van der Waals surface area contributed by atoms with Crippen LogP contribution in [0.4, 0.5) is 0 Å². The van der Waals surface area contributed by atoms with Crippen LogP contribution in [0.3, 0.4) is 0 Å². The average molecular weight is 227 g/mol. The Hall–Kier alpha value is -0.820. The molecule has 3 saturated carbocycles. The Balaban J connectivity index is 1.39. The molecule has 0 heterocycles. The lowest BCUT2D eigenvalue weighted by Gasteiger charge is -2.05. The number of rotatable bonds is 5. The van der Waals surface area contributed by atoms with Crippen molar-refractivity contribution in [2.75, 3.05) is 6.54 Å². The van der Waals surface area contributed by atoms with Crippen molar-refractivity contribution in [3.8, 4) is 0 Å². The molecule has 0 aliphatic heterocycles. The fourth-order valence-electron chi connectivity index (χ4n) is 2.95. The van der Waals surface area contributed by atoms with E-state index in [0.717, 1.165) is 23.8 Å². The van der Waals surface area contributed by atoms with Gasteiger partial charge in [-0.15, -0.1) is 0 Å². The molecule has 1 nitrogen and oxygen atoms in total. The molecule has 4 rings (SSSR count). The van der Waals surface area contributed by atoms with Gasteiger partial charge in [0.1, 0.15) is 0 Å². The van der Waals surface area contributed by atoms with Gasteiger partial charge in [-0.1, -0.05) is 24.3 Å². The Kier molecular flexibility index (Phi) is 2.29. The highest BCUT2D eigenvalue weighted by atomic mass is 15.0. The highest BCUT2D eigenvalue weighted by Crippen LogP contribution is 2.49. The molecule has 0 bridgehead atoms. The van der Waals surface area contributed by atoms with Crippen LogP contribution in [0.15, 0.2) is 24.3 Å². The van der Waals surface area contributed by atoms with Crippen LogP contribution in [0.5, 0.6) is 0 Å². The monoisotopic (exact) mass is 227 g/mol. The summed E-state index contributed by atoms with van der Waals surface area (Å²) in [6.07, 6.45) is 7.07. The second-order valence-corrected chi connectivity index (χ2v) is 6.23. The van der Waals surface area contributed by atoms with Crippen molar-refractivity contribution in [3.05, 3.63) is 35.4 Å². The zero-order chi connectivity index (χ0) is 11.2. The van der Waals surface area contributed by atoms with Gasteiger partial charge in [-0.25, -0.2) is 0 Å². The summed E-state index contributed by atoms with van der Waals surface area (Å²) in [6.45, 7) is 1.25. The van der Waals surface area contributed by atoms with Gasteiger partial charge in [-0.3, -0.25) is 0 Å². The van der Waals surface area contributed by atoms with Crippen LogP contribution in [-0.2, 0) is 0 Å². The molecule has 0 amide bonds. The molecule has 2 atom stereocenters. The molecule has 0 spiro atoms. The highest BCUT2D eigenvalue weighted by Gasteiger charge is 2.39. The summed E-state index contributed by atoms with van der Waals surface area (Å²) < 4.78 is 0. The summed E-state index contributed by atoms with van der Waals surface area (Å²) in [5, 5.41) is 3.67. The number of benzene rings is 1. The van der Waals surface area contributed by atoms with Crippen molar-refractivity contribution in [3.63, 3.8) is 0 Å².